The smallest absolute Gasteiger partial charge is 0.223 e. The van der Waals surface area contributed by atoms with E-state index < -0.39 is 0 Å². The standard InChI is InChI=1S/C27H34N2O2/c1-4-22(28-27(30)21-13-14-21)11-8-12-24-19(2)29(18-20-9-6-5-7-10-20)26-16-15-23(31-3)17-25(24)26/h5-7,9-10,15-17,21-22H,4,8,11-14,18H2,1-3H3,(H,28,30). The number of aryl methyl sites for hydroxylation is 1. The van der Waals surface area contributed by atoms with Gasteiger partial charge in [-0.05, 0) is 74.8 Å². The number of hydrogen-bond acceptors (Lipinski definition) is 2. The summed E-state index contributed by atoms with van der Waals surface area (Å²) in [5, 5.41) is 4.54. The van der Waals surface area contributed by atoms with Crippen LogP contribution >= 0.6 is 0 Å². The highest BCUT2D eigenvalue weighted by atomic mass is 16.5. The Bertz CT molecular complexity index is 1030. The minimum absolute atomic E-state index is 0.257. The first-order chi connectivity index (χ1) is 15.1. The van der Waals surface area contributed by atoms with Crippen LogP contribution in [0.2, 0.25) is 0 Å². The zero-order valence-electron chi connectivity index (χ0n) is 19.0. The lowest BCUT2D eigenvalue weighted by molar-refractivity contribution is -0.123. The number of rotatable bonds is 10. The molecule has 1 saturated carbocycles. The molecule has 31 heavy (non-hydrogen) atoms. The molecule has 1 heterocycles. The summed E-state index contributed by atoms with van der Waals surface area (Å²) < 4.78 is 7.94. The number of ether oxygens (including phenoxy) is 1. The second-order valence-electron chi connectivity index (χ2n) is 8.80. The van der Waals surface area contributed by atoms with E-state index in [4.69, 9.17) is 4.74 Å². The summed E-state index contributed by atoms with van der Waals surface area (Å²) in [6.07, 6.45) is 6.19. The summed E-state index contributed by atoms with van der Waals surface area (Å²) in [5.41, 5.74) is 5.28. The summed E-state index contributed by atoms with van der Waals surface area (Å²) in [6.45, 7) is 5.27. The monoisotopic (exact) mass is 418 g/mol. The van der Waals surface area contributed by atoms with Gasteiger partial charge in [-0.1, -0.05) is 37.3 Å². The summed E-state index contributed by atoms with van der Waals surface area (Å²) in [4.78, 5) is 12.2. The number of hydrogen-bond donors (Lipinski definition) is 1. The van der Waals surface area contributed by atoms with Crippen LogP contribution < -0.4 is 10.1 Å². The molecule has 1 unspecified atom stereocenters. The van der Waals surface area contributed by atoms with Crippen molar-refractivity contribution in [2.75, 3.05) is 7.11 Å². The van der Waals surface area contributed by atoms with Crippen LogP contribution in [0.25, 0.3) is 10.9 Å². The van der Waals surface area contributed by atoms with Gasteiger partial charge in [0, 0.05) is 35.1 Å². The number of benzene rings is 2. The van der Waals surface area contributed by atoms with Crippen molar-refractivity contribution in [2.45, 2.75) is 65.0 Å². The Kier molecular flexibility index (Phi) is 6.64. The first-order valence-electron chi connectivity index (χ1n) is 11.6. The number of aromatic nitrogens is 1. The van der Waals surface area contributed by atoms with E-state index in [1.807, 2.05) is 6.07 Å². The number of nitrogens with zero attached hydrogens (tertiary/aromatic N) is 1. The maximum Gasteiger partial charge on any atom is 0.223 e. The third kappa shape index (κ3) is 4.95. The minimum Gasteiger partial charge on any atom is -0.497 e. The summed E-state index contributed by atoms with van der Waals surface area (Å²) in [7, 11) is 1.73. The molecule has 0 bridgehead atoms. The molecule has 1 amide bonds. The van der Waals surface area contributed by atoms with Crippen molar-refractivity contribution in [3.05, 3.63) is 65.4 Å². The van der Waals surface area contributed by atoms with Gasteiger partial charge in [-0.2, -0.15) is 0 Å². The molecule has 4 nitrogen and oxygen atoms in total. The molecule has 0 spiro atoms. The fraction of sp³-hybridized carbons (Fsp3) is 0.444. The topological polar surface area (TPSA) is 43.3 Å². The van der Waals surface area contributed by atoms with Crippen molar-refractivity contribution in [1.82, 2.24) is 9.88 Å². The van der Waals surface area contributed by atoms with Crippen LogP contribution in [0.4, 0.5) is 0 Å². The van der Waals surface area contributed by atoms with Crippen LogP contribution in [-0.4, -0.2) is 23.6 Å². The van der Waals surface area contributed by atoms with E-state index in [1.165, 1.54) is 27.7 Å². The van der Waals surface area contributed by atoms with Gasteiger partial charge >= 0.3 is 0 Å². The predicted octanol–water partition coefficient (Wildman–Crippen LogP) is 5.63. The van der Waals surface area contributed by atoms with E-state index in [2.05, 4.69) is 66.2 Å². The fourth-order valence-corrected chi connectivity index (χ4v) is 4.51. The van der Waals surface area contributed by atoms with Gasteiger partial charge in [0.2, 0.25) is 5.91 Å². The van der Waals surface area contributed by atoms with E-state index >= 15 is 0 Å². The maximum absolute atomic E-state index is 12.2. The van der Waals surface area contributed by atoms with Crippen LogP contribution in [0.5, 0.6) is 5.75 Å². The Morgan fingerprint density at radius 3 is 2.65 bits per heavy atom. The molecule has 4 heteroatoms. The van der Waals surface area contributed by atoms with Crippen molar-refractivity contribution < 1.29 is 9.53 Å². The zero-order chi connectivity index (χ0) is 21.8. The molecule has 1 aliphatic carbocycles. The van der Waals surface area contributed by atoms with Gasteiger partial charge in [-0.25, -0.2) is 0 Å². The van der Waals surface area contributed by atoms with Crippen molar-refractivity contribution in [1.29, 1.82) is 0 Å². The van der Waals surface area contributed by atoms with Crippen molar-refractivity contribution in [3.63, 3.8) is 0 Å². The number of carbonyl (C=O) groups is 1. The molecule has 1 aliphatic rings. The van der Waals surface area contributed by atoms with Crippen LogP contribution in [0.15, 0.2) is 48.5 Å². The highest BCUT2D eigenvalue weighted by molar-refractivity contribution is 5.87. The van der Waals surface area contributed by atoms with Crippen molar-refractivity contribution in [3.8, 4) is 5.75 Å². The lowest BCUT2D eigenvalue weighted by Gasteiger charge is -2.17. The summed E-state index contributed by atoms with van der Waals surface area (Å²) in [6, 6.07) is 17.3. The molecule has 0 radical (unpaired) electrons. The molecule has 1 atom stereocenters. The average molecular weight is 419 g/mol. The fourth-order valence-electron chi connectivity index (χ4n) is 4.51. The first kappa shape index (κ1) is 21.5. The Labute approximate surface area is 185 Å². The third-order valence-electron chi connectivity index (χ3n) is 6.61. The lowest BCUT2D eigenvalue weighted by atomic mass is 10.0. The number of fused-ring (bicyclic) bond motifs is 1. The van der Waals surface area contributed by atoms with E-state index in [9.17, 15) is 4.79 Å². The van der Waals surface area contributed by atoms with Crippen molar-refractivity contribution in [2.24, 2.45) is 5.92 Å². The highest BCUT2D eigenvalue weighted by Gasteiger charge is 2.30. The van der Waals surface area contributed by atoms with Crippen molar-refractivity contribution >= 4 is 16.8 Å². The van der Waals surface area contributed by atoms with Gasteiger partial charge in [0.25, 0.3) is 0 Å². The van der Waals surface area contributed by atoms with Crippen LogP contribution in [-0.2, 0) is 17.8 Å². The molecular formula is C27H34N2O2. The SMILES string of the molecule is CCC(CCCc1c(C)n(Cc2ccccc2)c2ccc(OC)cc12)NC(=O)C1CC1. The molecule has 1 fully saturated rings. The van der Waals surface area contributed by atoms with E-state index in [0.717, 1.165) is 50.8 Å². The van der Waals surface area contributed by atoms with Gasteiger partial charge in [-0.3, -0.25) is 4.79 Å². The third-order valence-corrected chi connectivity index (χ3v) is 6.61. The molecule has 3 aromatic rings. The summed E-state index contributed by atoms with van der Waals surface area (Å²) >= 11 is 0. The quantitative estimate of drug-likeness (QED) is 0.463. The summed E-state index contributed by atoms with van der Waals surface area (Å²) in [5.74, 6) is 1.43. The average Bonchev–Trinajstić information content (AvgIpc) is 3.62. The molecule has 2 aromatic carbocycles. The van der Waals surface area contributed by atoms with E-state index in [0.29, 0.717) is 0 Å². The second-order valence-corrected chi connectivity index (χ2v) is 8.80. The zero-order valence-corrected chi connectivity index (χ0v) is 19.0. The Hall–Kier alpha value is -2.75. The molecule has 0 aliphatic heterocycles. The number of amides is 1. The maximum atomic E-state index is 12.2. The Morgan fingerprint density at radius 1 is 1.19 bits per heavy atom. The van der Waals surface area contributed by atoms with Gasteiger partial charge in [-0.15, -0.1) is 0 Å². The normalized spacial score (nSPS) is 14.5. The van der Waals surface area contributed by atoms with Gasteiger partial charge in [0.05, 0.1) is 7.11 Å². The number of carbonyl (C=O) groups excluding carboxylic acids is 1. The Balaban J connectivity index is 1.54. The molecule has 1 aromatic heterocycles. The number of methoxy groups -OCH3 is 1. The Morgan fingerprint density at radius 2 is 1.97 bits per heavy atom. The number of nitrogens with one attached hydrogen (secondary N) is 1. The van der Waals surface area contributed by atoms with E-state index in [1.54, 1.807) is 7.11 Å². The minimum atomic E-state index is 0.257. The van der Waals surface area contributed by atoms with Gasteiger partial charge in [0.1, 0.15) is 5.75 Å². The van der Waals surface area contributed by atoms with Gasteiger partial charge in [0.15, 0.2) is 0 Å². The van der Waals surface area contributed by atoms with E-state index in [-0.39, 0.29) is 17.9 Å². The van der Waals surface area contributed by atoms with Gasteiger partial charge < -0.3 is 14.6 Å². The first-order valence-corrected chi connectivity index (χ1v) is 11.6. The molecule has 164 valence electrons. The van der Waals surface area contributed by atoms with Crippen LogP contribution in [0, 0.1) is 12.8 Å². The highest BCUT2D eigenvalue weighted by Crippen LogP contribution is 2.32. The molecular weight excluding hydrogens is 384 g/mol. The lowest BCUT2D eigenvalue weighted by Crippen LogP contribution is -2.35. The van der Waals surface area contributed by atoms with Crippen LogP contribution in [0.3, 0.4) is 0 Å². The molecule has 1 N–H and O–H groups in total. The predicted molar refractivity (Wildman–Crippen MR) is 127 cm³/mol. The second kappa shape index (κ2) is 9.59. The molecule has 4 rings (SSSR count). The molecule has 0 saturated heterocycles. The van der Waals surface area contributed by atoms with Crippen LogP contribution in [0.1, 0.15) is 55.8 Å². The largest absolute Gasteiger partial charge is 0.497 e.